The van der Waals surface area contributed by atoms with Crippen LogP contribution in [0.4, 0.5) is 4.39 Å². The van der Waals surface area contributed by atoms with E-state index in [9.17, 15) is 9.50 Å². The van der Waals surface area contributed by atoms with Gasteiger partial charge in [0.05, 0.1) is 0 Å². The molecule has 0 amide bonds. The summed E-state index contributed by atoms with van der Waals surface area (Å²) in [5.41, 5.74) is 6.83. The Balaban J connectivity index is 2.51. The van der Waals surface area contributed by atoms with Crippen LogP contribution < -0.4 is 5.73 Å². The molecule has 0 unspecified atom stereocenters. The average Bonchev–Trinajstić information content (AvgIpc) is 2.12. The lowest BCUT2D eigenvalue weighted by Gasteiger charge is -2.42. The Labute approximate surface area is 88.9 Å². The topological polar surface area (TPSA) is 46.2 Å². The summed E-state index contributed by atoms with van der Waals surface area (Å²) in [5.74, 6) is -0.0819. The maximum absolute atomic E-state index is 13.3. The largest absolute Gasteiger partial charge is 0.507 e. The van der Waals surface area contributed by atoms with Crippen molar-refractivity contribution < 1.29 is 9.50 Å². The molecule has 0 heterocycles. The van der Waals surface area contributed by atoms with Crippen LogP contribution in [0.1, 0.15) is 30.4 Å². The Bertz CT molecular complexity index is 380. The first-order valence-electron chi connectivity index (χ1n) is 5.29. The van der Waals surface area contributed by atoms with Gasteiger partial charge in [-0.05, 0) is 37.5 Å². The van der Waals surface area contributed by atoms with Gasteiger partial charge in [0.1, 0.15) is 11.6 Å². The van der Waals surface area contributed by atoms with Crippen molar-refractivity contribution >= 4 is 0 Å². The van der Waals surface area contributed by atoms with Crippen LogP contribution in [0.15, 0.2) is 12.1 Å². The van der Waals surface area contributed by atoms with E-state index in [-0.39, 0.29) is 17.0 Å². The van der Waals surface area contributed by atoms with Crippen LogP contribution in [-0.2, 0) is 5.41 Å². The first-order valence-corrected chi connectivity index (χ1v) is 5.29. The number of aryl methyl sites for hydroxylation is 1. The summed E-state index contributed by atoms with van der Waals surface area (Å²) in [6.07, 6.45) is 2.99. The minimum absolute atomic E-state index is 0.184. The molecule has 0 saturated heterocycles. The molecule has 15 heavy (non-hydrogen) atoms. The number of benzene rings is 1. The number of hydrogen-bond acceptors (Lipinski definition) is 2. The van der Waals surface area contributed by atoms with Gasteiger partial charge in [-0.3, -0.25) is 0 Å². The zero-order chi connectivity index (χ0) is 11.1. The highest BCUT2D eigenvalue weighted by Gasteiger charge is 2.39. The molecule has 1 aliphatic rings. The molecule has 0 aliphatic heterocycles. The van der Waals surface area contributed by atoms with Gasteiger partial charge in [-0.1, -0.05) is 6.42 Å². The standard InChI is InChI=1S/C12H16FNO/c1-8-5-9(13)6-10(11(8)15)12(7-14)3-2-4-12/h5-6,15H,2-4,7,14H2,1H3. The Kier molecular flexibility index (Phi) is 2.43. The Morgan fingerprint density at radius 1 is 1.47 bits per heavy atom. The third-order valence-electron chi connectivity index (χ3n) is 3.54. The van der Waals surface area contributed by atoms with E-state index < -0.39 is 0 Å². The minimum Gasteiger partial charge on any atom is -0.507 e. The summed E-state index contributed by atoms with van der Waals surface area (Å²) in [4.78, 5) is 0. The van der Waals surface area contributed by atoms with Gasteiger partial charge in [0, 0.05) is 17.5 Å². The molecule has 0 spiro atoms. The molecule has 3 N–H and O–H groups in total. The molecule has 1 saturated carbocycles. The van der Waals surface area contributed by atoms with Gasteiger partial charge < -0.3 is 10.8 Å². The van der Waals surface area contributed by atoms with Crippen molar-refractivity contribution in [1.29, 1.82) is 0 Å². The minimum atomic E-state index is -0.292. The summed E-state index contributed by atoms with van der Waals surface area (Å²) in [7, 11) is 0. The predicted molar refractivity (Wildman–Crippen MR) is 57.4 cm³/mol. The normalized spacial score (nSPS) is 18.6. The van der Waals surface area contributed by atoms with E-state index in [1.165, 1.54) is 12.1 Å². The van der Waals surface area contributed by atoms with Crippen molar-refractivity contribution in [3.05, 3.63) is 29.1 Å². The van der Waals surface area contributed by atoms with E-state index in [2.05, 4.69) is 0 Å². The zero-order valence-corrected chi connectivity index (χ0v) is 8.89. The van der Waals surface area contributed by atoms with Crippen LogP contribution in [0.25, 0.3) is 0 Å². The first kappa shape index (κ1) is 10.4. The van der Waals surface area contributed by atoms with Gasteiger partial charge in [0.25, 0.3) is 0 Å². The fourth-order valence-corrected chi connectivity index (χ4v) is 2.33. The van der Waals surface area contributed by atoms with Crippen molar-refractivity contribution in [3.8, 4) is 5.75 Å². The molecule has 2 rings (SSSR count). The van der Waals surface area contributed by atoms with Crippen molar-refractivity contribution in [1.82, 2.24) is 0 Å². The van der Waals surface area contributed by atoms with E-state index in [0.717, 1.165) is 19.3 Å². The second-order valence-electron chi connectivity index (χ2n) is 4.46. The van der Waals surface area contributed by atoms with E-state index in [4.69, 9.17) is 5.73 Å². The van der Waals surface area contributed by atoms with Crippen LogP contribution >= 0.6 is 0 Å². The molecule has 0 atom stereocenters. The Morgan fingerprint density at radius 2 is 2.13 bits per heavy atom. The summed E-state index contributed by atoms with van der Waals surface area (Å²) in [6, 6.07) is 2.77. The van der Waals surface area contributed by atoms with Gasteiger partial charge >= 0.3 is 0 Å². The van der Waals surface area contributed by atoms with E-state index in [1.807, 2.05) is 0 Å². The van der Waals surface area contributed by atoms with Crippen molar-refractivity contribution in [2.24, 2.45) is 5.73 Å². The summed E-state index contributed by atoms with van der Waals surface area (Å²) in [5, 5.41) is 9.93. The molecule has 0 bridgehead atoms. The number of phenols is 1. The molecular formula is C12H16FNO. The number of hydrogen-bond donors (Lipinski definition) is 2. The molecule has 1 fully saturated rings. The maximum Gasteiger partial charge on any atom is 0.124 e. The van der Waals surface area contributed by atoms with Gasteiger partial charge in [-0.2, -0.15) is 0 Å². The second kappa shape index (κ2) is 3.49. The second-order valence-corrected chi connectivity index (χ2v) is 4.46. The third kappa shape index (κ3) is 1.51. The number of rotatable bonds is 2. The monoisotopic (exact) mass is 209 g/mol. The third-order valence-corrected chi connectivity index (χ3v) is 3.54. The summed E-state index contributed by atoms with van der Waals surface area (Å²) in [6.45, 7) is 2.19. The SMILES string of the molecule is Cc1cc(F)cc(C2(CN)CCC2)c1O. The van der Waals surface area contributed by atoms with Gasteiger partial charge in [0.2, 0.25) is 0 Å². The molecule has 0 radical (unpaired) electrons. The van der Waals surface area contributed by atoms with Crippen LogP contribution in [0.3, 0.4) is 0 Å². The van der Waals surface area contributed by atoms with Crippen molar-refractivity contribution in [3.63, 3.8) is 0 Å². The quantitative estimate of drug-likeness (QED) is 0.784. The number of nitrogens with two attached hydrogens (primary N) is 1. The molecule has 0 aromatic heterocycles. The maximum atomic E-state index is 13.3. The highest BCUT2D eigenvalue weighted by atomic mass is 19.1. The molecule has 3 heteroatoms. The lowest BCUT2D eigenvalue weighted by molar-refractivity contribution is 0.244. The van der Waals surface area contributed by atoms with E-state index >= 15 is 0 Å². The van der Waals surface area contributed by atoms with Crippen LogP contribution in [0.2, 0.25) is 0 Å². The smallest absolute Gasteiger partial charge is 0.124 e. The zero-order valence-electron chi connectivity index (χ0n) is 8.89. The summed E-state index contributed by atoms with van der Waals surface area (Å²) < 4.78 is 13.3. The van der Waals surface area contributed by atoms with Crippen molar-refractivity contribution in [2.75, 3.05) is 6.54 Å². The lowest BCUT2D eigenvalue weighted by atomic mass is 9.64. The summed E-state index contributed by atoms with van der Waals surface area (Å²) >= 11 is 0. The van der Waals surface area contributed by atoms with Gasteiger partial charge in [-0.25, -0.2) is 4.39 Å². The lowest BCUT2D eigenvalue weighted by Crippen LogP contribution is -2.41. The first-order chi connectivity index (χ1) is 7.09. The van der Waals surface area contributed by atoms with E-state index in [0.29, 0.717) is 17.7 Å². The Morgan fingerprint density at radius 3 is 2.60 bits per heavy atom. The molecule has 1 aromatic carbocycles. The van der Waals surface area contributed by atoms with Gasteiger partial charge in [-0.15, -0.1) is 0 Å². The fraction of sp³-hybridized carbons (Fsp3) is 0.500. The average molecular weight is 209 g/mol. The molecule has 1 aliphatic carbocycles. The van der Waals surface area contributed by atoms with Gasteiger partial charge in [0.15, 0.2) is 0 Å². The predicted octanol–water partition coefficient (Wildman–Crippen LogP) is 2.22. The molecule has 82 valence electrons. The number of phenolic OH excluding ortho intramolecular Hbond substituents is 1. The fourth-order valence-electron chi connectivity index (χ4n) is 2.33. The van der Waals surface area contributed by atoms with Crippen LogP contribution in [0.5, 0.6) is 5.75 Å². The van der Waals surface area contributed by atoms with E-state index in [1.54, 1.807) is 6.92 Å². The number of halogens is 1. The molecular weight excluding hydrogens is 193 g/mol. The highest BCUT2D eigenvalue weighted by Crippen LogP contribution is 2.47. The molecule has 1 aromatic rings. The highest BCUT2D eigenvalue weighted by molar-refractivity contribution is 5.46. The van der Waals surface area contributed by atoms with Crippen LogP contribution in [-0.4, -0.2) is 11.7 Å². The van der Waals surface area contributed by atoms with Crippen LogP contribution in [0, 0.1) is 12.7 Å². The molecule has 2 nitrogen and oxygen atoms in total. The Hall–Kier alpha value is -1.09. The van der Waals surface area contributed by atoms with Crippen molar-refractivity contribution in [2.45, 2.75) is 31.6 Å². The number of aromatic hydroxyl groups is 1.